The van der Waals surface area contributed by atoms with Crippen LogP contribution < -0.4 is 10.6 Å². The molecule has 16 heavy (non-hydrogen) atoms. The summed E-state index contributed by atoms with van der Waals surface area (Å²) in [4.78, 5) is 4.09. The number of hydrogen-bond donors (Lipinski definition) is 2. The van der Waals surface area contributed by atoms with Crippen molar-refractivity contribution in [2.45, 2.75) is 33.2 Å². The van der Waals surface area contributed by atoms with E-state index in [1.807, 2.05) is 13.0 Å². The molecule has 1 rings (SSSR count). The molecular weight excluding hydrogens is 222 g/mol. The zero-order chi connectivity index (χ0) is 12.2. The second kappa shape index (κ2) is 5.51. The maximum absolute atomic E-state index is 5.97. The summed E-state index contributed by atoms with van der Waals surface area (Å²) in [5.41, 5.74) is 2.16. The predicted molar refractivity (Wildman–Crippen MR) is 70.2 cm³/mol. The number of rotatable bonds is 4. The van der Waals surface area contributed by atoms with Crippen LogP contribution in [0.25, 0.3) is 0 Å². The van der Waals surface area contributed by atoms with Crippen molar-refractivity contribution in [3.63, 3.8) is 0 Å². The van der Waals surface area contributed by atoms with Gasteiger partial charge in [0.25, 0.3) is 0 Å². The summed E-state index contributed by atoms with van der Waals surface area (Å²) in [5.74, 6) is 0. The van der Waals surface area contributed by atoms with Gasteiger partial charge in [0, 0.05) is 24.8 Å². The van der Waals surface area contributed by atoms with Gasteiger partial charge in [-0.15, -0.1) is 0 Å². The van der Waals surface area contributed by atoms with Crippen LogP contribution in [0.3, 0.4) is 0 Å². The number of nitrogens with one attached hydrogen (secondary N) is 2. The van der Waals surface area contributed by atoms with Crippen molar-refractivity contribution in [2.75, 3.05) is 18.4 Å². The zero-order valence-electron chi connectivity index (χ0n) is 10.4. The molecule has 0 spiro atoms. The molecule has 2 N–H and O–H groups in total. The quantitative estimate of drug-likeness (QED) is 0.629. The van der Waals surface area contributed by atoms with E-state index in [4.69, 9.17) is 11.6 Å². The predicted octanol–water partition coefficient (Wildman–Crippen LogP) is 2.84. The third kappa shape index (κ3) is 4.81. The minimum Gasteiger partial charge on any atom is -0.381 e. The van der Waals surface area contributed by atoms with E-state index in [0.29, 0.717) is 5.15 Å². The fraction of sp³-hybridized carbons (Fsp3) is 0.583. The molecular formula is C12H20ClN3. The lowest BCUT2D eigenvalue weighted by Gasteiger charge is -2.20. The number of hydrogen-bond acceptors (Lipinski definition) is 3. The number of aromatic nitrogens is 1. The molecule has 0 bridgehead atoms. The van der Waals surface area contributed by atoms with E-state index in [1.54, 1.807) is 6.20 Å². The molecule has 3 nitrogen and oxygen atoms in total. The van der Waals surface area contributed by atoms with Crippen LogP contribution in [-0.4, -0.2) is 23.6 Å². The molecule has 0 atom stereocenters. The molecule has 0 saturated heterocycles. The third-order valence-electron chi connectivity index (χ3n) is 2.07. The molecule has 4 heteroatoms. The summed E-state index contributed by atoms with van der Waals surface area (Å²) in [6.45, 7) is 10.2. The van der Waals surface area contributed by atoms with E-state index in [9.17, 15) is 0 Å². The highest BCUT2D eigenvalue weighted by molar-refractivity contribution is 6.31. The van der Waals surface area contributed by atoms with Crippen molar-refractivity contribution < 1.29 is 0 Å². The first-order valence-corrected chi connectivity index (χ1v) is 5.87. The van der Waals surface area contributed by atoms with E-state index < -0.39 is 0 Å². The Morgan fingerprint density at radius 2 is 2.00 bits per heavy atom. The number of nitrogens with zero attached hydrogens (tertiary/aromatic N) is 1. The highest BCUT2D eigenvalue weighted by atomic mass is 35.5. The van der Waals surface area contributed by atoms with Crippen molar-refractivity contribution >= 4 is 17.3 Å². The first-order chi connectivity index (χ1) is 7.38. The van der Waals surface area contributed by atoms with Gasteiger partial charge in [-0.2, -0.15) is 0 Å². The molecule has 90 valence electrons. The van der Waals surface area contributed by atoms with E-state index in [-0.39, 0.29) is 5.54 Å². The van der Waals surface area contributed by atoms with Gasteiger partial charge in [-0.1, -0.05) is 11.6 Å². The molecule has 1 heterocycles. The summed E-state index contributed by atoms with van der Waals surface area (Å²) in [7, 11) is 0. The average Bonchev–Trinajstić information content (AvgIpc) is 2.16. The highest BCUT2D eigenvalue weighted by Gasteiger charge is 2.07. The Morgan fingerprint density at radius 3 is 2.62 bits per heavy atom. The lowest BCUT2D eigenvalue weighted by molar-refractivity contribution is 0.435. The maximum atomic E-state index is 5.97. The monoisotopic (exact) mass is 241 g/mol. The highest BCUT2D eigenvalue weighted by Crippen LogP contribution is 2.19. The molecule has 1 aromatic rings. The first-order valence-electron chi connectivity index (χ1n) is 5.49. The Balaban J connectivity index is 2.40. The summed E-state index contributed by atoms with van der Waals surface area (Å²) < 4.78 is 0. The van der Waals surface area contributed by atoms with E-state index in [0.717, 1.165) is 24.3 Å². The first kappa shape index (κ1) is 13.3. The second-order valence-corrected chi connectivity index (χ2v) is 5.31. The van der Waals surface area contributed by atoms with E-state index in [2.05, 4.69) is 36.4 Å². The topological polar surface area (TPSA) is 37.0 Å². The van der Waals surface area contributed by atoms with Crippen LogP contribution in [0.4, 0.5) is 5.69 Å². The van der Waals surface area contributed by atoms with Gasteiger partial charge in [-0.05, 0) is 39.3 Å². The van der Waals surface area contributed by atoms with Crippen LogP contribution >= 0.6 is 11.6 Å². The average molecular weight is 242 g/mol. The summed E-state index contributed by atoms with van der Waals surface area (Å²) >= 11 is 5.97. The van der Waals surface area contributed by atoms with Gasteiger partial charge in [0.15, 0.2) is 5.15 Å². The lowest BCUT2D eigenvalue weighted by Crippen LogP contribution is -2.38. The van der Waals surface area contributed by atoms with Crippen LogP contribution in [0.1, 0.15) is 26.3 Å². The van der Waals surface area contributed by atoms with Crippen LogP contribution in [0.2, 0.25) is 5.15 Å². The van der Waals surface area contributed by atoms with Crippen LogP contribution in [-0.2, 0) is 0 Å². The molecule has 0 saturated carbocycles. The molecule has 0 radical (unpaired) electrons. The Hall–Kier alpha value is -0.800. The minimum atomic E-state index is 0.149. The minimum absolute atomic E-state index is 0.149. The number of anilines is 1. The zero-order valence-corrected chi connectivity index (χ0v) is 11.2. The van der Waals surface area contributed by atoms with Crippen molar-refractivity contribution in [3.8, 4) is 0 Å². The van der Waals surface area contributed by atoms with Gasteiger partial charge < -0.3 is 10.6 Å². The van der Waals surface area contributed by atoms with Crippen molar-refractivity contribution in [1.29, 1.82) is 0 Å². The van der Waals surface area contributed by atoms with E-state index >= 15 is 0 Å². The summed E-state index contributed by atoms with van der Waals surface area (Å²) in [6, 6.07) is 2.01. The second-order valence-electron chi connectivity index (χ2n) is 4.95. The van der Waals surface area contributed by atoms with Gasteiger partial charge in [0.05, 0.1) is 5.69 Å². The molecule has 1 aromatic heterocycles. The van der Waals surface area contributed by atoms with Crippen LogP contribution in [0, 0.1) is 6.92 Å². The fourth-order valence-electron chi connectivity index (χ4n) is 1.31. The van der Waals surface area contributed by atoms with E-state index in [1.165, 1.54) is 0 Å². The van der Waals surface area contributed by atoms with Crippen molar-refractivity contribution in [3.05, 3.63) is 23.0 Å². The Bertz CT molecular complexity index is 345. The standard InChI is InChI=1S/C12H20ClN3/c1-9-7-10(11(13)15-8-9)14-5-6-16-12(2,3)4/h7-8,14,16H,5-6H2,1-4H3. The third-order valence-corrected chi connectivity index (χ3v) is 2.37. The molecule has 0 aliphatic rings. The lowest BCUT2D eigenvalue weighted by atomic mass is 10.1. The molecule has 0 aliphatic heterocycles. The van der Waals surface area contributed by atoms with Gasteiger partial charge in [0.1, 0.15) is 0 Å². The molecule has 0 aliphatic carbocycles. The molecule has 0 unspecified atom stereocenters. The summed E-state index contributed by atoms with van der Waals surface area (Å²) in [6.07, 6.45) is 1.76. The largest absolute Gasteiger partial charge is 0.381 e. The van der Waals surface area contributed by atoms with Gasteiger partial charge in [0.2, 0.25) is 0 Å². The Labute approximate surface area is 103 Å². The van der Waals surface area contributed by atoms with Crippen molar-refractivity contribution in [1.82, 2.24) is 10.3 Å². The number of aryl methyl sites for hydroxylation is 1. The Morgan fingerprint density at radius 1 is 1.31 bits per heavy atom. The number of pyridine rings is 1. The molecule has 0 fully saturated rings. The number of halogens is 1. The fourth-order valence-corrected chi connectivity index (χ4v) is 1.48. The van der Waals surface area contributed by atoms with Gasteiger partial charge in [-0.25, -0.2) is 4.98 Å². The maximum Gasteiger partial charge on any atom is 0.152 e. The smallest absolute Gasteiger partial charge is 0.152 e. The molecule has 0 aromatic carbocycles. The Kier molecular flexibility index (Phi) is 4.56. The molecule has 0 amide bonds. The van der Waals surface area contributed by atoms with Crippen LogP contribution in [0.15, 0.2) is 12.3 Å². The van der Waals surface area contributed by atoms with Gasteiger partial charge in [-0.3, -0.25) is 0 Å². The normalized spacial score (nSPS) is 11.6. The SMILES string of the molecule is Cc1cnc(Cl)c(NCCNC(C)(C)C)c1. The van der Waals surface area contributed by atoms with Crippen LogP contribution in [0.5, 0.6) is 0 Å². The summed E-state index contributed by atoms with van der Waals surface area (Å²) in [5, 5.41) is 7.20. The van der Waals surface area contributed by atoms with Gasteiger partial charge >= 0.3 is 0 Å². The van der Waals surface area contributed by atoms with Crippen molar-refractivity contribution in [2.24, 2.45) is 0 Å².